The van der Waals surface area contributed by atoms with E-state index in [9.17, 15) is 9.59 Å². The van der Waals surface area contributed by atoms with Crippen LogP contribution in [0.4, 0.5) is 0 Å². The number of Topliss-reactive ketones (excluding diaryl/α,β-unsaturated/α-hetero) is 1. The number of carbonyl (C=O) groups excluding carboxylic acids is 2. The Morgan fingerprint density at radius 3 is 2.67 bits per heavy atom. The summed E-state index contributed by atoms with van der Waals surface area (Å²) in [5.41, 5.74) is 5.86. The fraction of sp³-hybridized carbons (Fsp3) is 0.688. The fourth-order valence-electron chi connectivity index (χ4n) is 7.20. The molecule has 8 heteroatoms. The number of carbonyl (C=O) groups is 2. The molecule has 2 bridgehead atoms. The van der Waals surface area contributed by atoms with Gasteiger partial charge in [0.05, 0.1) is 30.4 Å². The van der Waals surface area contributed by atoms with Crippen LogP contribution in [0.2, 0.25) is 0 Å². The molecule has 5 rings (SSSR count). The van der Waals surface area contributed by atoms with Crippen molar-refractivity contribution in [3.63, 3.8) is 0 Å². The Labute approximate surface area is 238 Å². The standard InChI is InChI=1S/C32H46N2O6/c1-6-25-20(4)12-13-32(40-25)16-24-15-23(39-32)11-10-19(3)14-18(2)8-7-9-22-17-37-30-26(22)27(31(36)38-24)28(34-33)21(5)29(30)35/h7-10,18,20-21,23-25,28,30,34H,6,11-17,33H2,1-5H3/b8-7-,19-10-,22-9?/t18-,20-,21?,23+,24-,25+,28?,30-,32+/m0/s1. The molecule has 0 amide bonds. The Morgan fingerprint density at radius 2 is 1.93 bits per heavy atom. The summed E-state index contributed by atoms with van der Waals surface area (Å²) in [7, 11) is 0. The highest BCUT2D eigenvalue weighted by molar-refractivity contribution is 6.01. The molecule has 220 valence electrons. The molecule has 1 aliphatic carbocycles. The van der Waals surface area contributed by atoms with Crippen LogP contribution >= 0.6 is 0 Å². The molecule has 5 aliphatic rings. The highest BCUT2D eigenvalue weighted by Gasteiger charge is 2.51. The number of nitrogens with two attached hydrogens (primary N) is 1. The summed E-state index contributed by atoms with van der Waals surface area (Å²) < 4.78 is 25.6. The van der Waals surface area contributed by atoms with Gasteiger partial charge in [-0.15, -0.1) is 0 Å². The first-order valence-corrected chi connectivity index (χ1v) is 15.1. The van der Waals surface area contributed by atoms with E-state index in [2.05, 4.69) is 45.3 Å². The molecular formula is C32H46N2O6. The molecule has 1 spiro atoms. The third-order valence-corrected chi connectivity index (χ3v) is 9.44. The van der Waals surface area contributed by atoms with Gasteiger partial charge in [-0.1, -0.05) is 57.6 Å². The van der Waals surface area contributed by atoms with E-state index >= 15 is 0 Å². The average Bonchev–Trinajstić information content (AvgIpc) is 3.33. The largest absolute Gasteiger partial charge is 0.459 e. The predicted octanol–water partition coefficient (Wildman–Crippen LogP) is 4.60. The zero-order chi connectivity index (χ0) is 28.6. The number of hydrazine groups is 1. The lowest BCUT2D eigenvalue weighted by Crippen LogP contribution is -2.55. The monoisotopic (exact) mass is 554 g/mol. The highest BCUT2D eigenvalue weighted by Crippen LogP contribution is 2.44. The van der Waals surface area contributed by atoms with Crippen molar-refractivity contribution in [1.82, 2.24) is 5.43 Å². The fourth-order valence-corrected chi connectivity index (χ4v) is 7.20. The number of hydrogen-bond acceptors (Lipinski definition) is 8. The van der Waals surface area contributed by atoms with Gasteiger partial charge >= 0.3 is 5.97 Å². The van der Waals surface area contributed by atoms with Gasteiger partial charge in [-0.3, -0.25) is 16.1 Å². The maximum absolute atomic E-state index is 14.0. The molecule has 9 atom stereocenters. The lowest BCUT2D eigenvalue weighted by Gasteiger charge is -2.49. The molecule has 8 nitrogen and oxygen atoms in total. The molecule has 0 aromatic carbocycles. The number of hydrogen-bond donors (Lipinski definition) is 2. The molecule has 4 heterocycles. The predicted molar refractivity (Wildman–Crippen MR) is 152 cm³/mol. The molecule has 0 aromatic rings. The molecule has 3 N–H and O–H groups in total. The van der Waals surface area contributed by atoms with Gasteiger partial charge in [-0.2, -0.15) is 0 Å². The maximum Gasteiger partial charge on any atom is 0.336 e. The molecule has 3 fully saturated rings. The molecule has 2 unspecified atom stereocenters. The van der Waals surface area contributed by atoms with Crippen LogP contribution in [0.25, 0.3) is 0 Å². The van der Waals surface area contributed by atoms with E-state index in [1.165, 1.54) is 5.57 Å². The second-order valence-electron chi connectivity index (χ2n) is 12.6. The van der Waals surface area contributed by atoms with Crippen LogP contribution in [0.3, 0.4) is 0 Å². The van der Waals surface area contributed by atoms with Gasteiger partial charge in [0, 0.05) is 30.8 Å². The first-order valence-electron chi connectivity index (χ1n) is 15.1. The Bertz CT molecular complexity index is 1120. The second-order valence-corrected chi connectivity index (χ2v) is 12.6. The van der Waals surface area contributed by atoms with Crippen molar-refractivity contribution in [3.8, 4) is 0 Å². The summed E-state index contributed by atoms with van der Waals surface area (Å²) in [5, 5.41) is 0. The van der Waals surface area contributed by atoms with Crippen LogP contribution in [0.1, 0.15) is 79.6 Å². The Morgan fingerprint density at radius 1 is 1.12 bits per heavy atom. The van der Waals surface area contributed by atoms with Gasteiger partial charge in [0.15, 0.2) is 11.6 Å². The van der Waals surface area contributed by atoms with Gasteiger partial charge in [0.25, 0.3) is 0 Å². The third kappa shape index (κ3) is 5.79. The normalized spacial score (nSPS) is 43.0. The van der Waals surface area contributed by atoms with Crippen molar-refractivity contribution in [2.45, 2.75) is 116 Å². The summed E-state index contributed by atoms with van der Waals surface area (Å²) in [4.78, 5) is 27.3. The Balaban J connectivity index is 1.55. The zero-order valence-electron chi connectivity index (χ0n) is 24.6. The number of esters is 1. The van der Waals surface area contributed by atoms with Crippen LogP contribution in [0.15, 0.2) is 46.6 Å². The molecule has 3 saturated heterocycles. The van der Waals surface area contributed by atoms with Gasteiger partial charge in [0.2, 0.25) is 0 Å². The van der Waals surface area contributed by atoms with Crippen LogP contribution in [0.5, 0.6) is 0 Å². The molecule has 4 aliphatic heterocycles. The van der Waals surface area contributed by atoms with Crippen molar-refractivity contribution < 1.29 is 28.5 Å². The summed E-state index contributed by atoms with van der Waals surface area (Å²) in [6.45, 7) is 10.8. The van der Waals surface area contributed by atoms with Crippen LogP contribution in [-0.2, 0) is 28.5 Å². The van der Waals surface area contributed by atoms with Crippen molar-refractivity contribution in [2.75, 3.05) is 6.61 Å². The first-order chi connectivity index (χ1) is 19.1. The van der Waals surface area contributed by atoms with Gasteiger partial charge in [0.1, 0.15) is 12.2 Å². The van der Waals surface area contributed by atoms with Crippen LogP contribution in [0, 0.1) is 17.8 Å². The summed E-state index contributed by atoms with van der Waals surface area (Å²) in [6, 6.07) is -0.662. The summed E-state index contributed by atoms with van der Waals surface area (Å²) in [6.07, 6.45) is 12.6. The third-order valence-electron chi connectivity index (χ3n) is 9.44. The summed E-state index contributed by atoms with van der Waals surface area (Å²) >= 11 is 0. The molecule has 0 saturated carbocycles. The maximum atomic E-state index is 14.0. The quantitative estimate of drug-likeness (QED) is 0.221. The van der Waals surface area contributed by atoms with E-state index < -0.39 is 29.8 Å². The van der Waals surface area contributed by atoms with E-state index in [0.717, 1.165) is 37.7 Å². The topological polar surface area (TPSA) is 109 Å². The zero-order valence-corrected chi connectivity index (χ0v) is 24.6. The Hall–Kier alpha value is -2.10. The van der Waals surface area contributed by atoms with E-state index in [-0.39, 0.29) is 30.7 Å². The smallest absolute Gasteiger partial charge is 0.336 e. The van der Waals surface area contributed by atoms with Gasteiger partial charge in [-0.05, 0) is 50.0 Å². The summed E-state index contributed by atoms with van der Waals surface area (Å²) in [5.74, 6) is 4.91. The number of fused-ring (bicyclic) bond motifs is 2. The highest BCUT2D eigenvalue weighted by atomic mass is 16.7. The van der Waals surface area contributed by atoms with E-state index in [4.69, 9.17) is 24.8 Å². The van der Waals surface area contributed by atoms with Crippen molar-refractivity contribution in [3.05, 3.63) is 46.6 Å². The average molecular weight is 555 g/mol. The number of ether oxygens (including phenoxy) is 4. The SMILES string of the molecule is CC[C@H]1O[C@]2(CC[C@@H]1C)C[C@@H]1C[C@@H](C/C=C(/C)C[C@@H](C)/C=C\C=C3CO[C@@H]4C(=O)C(C)C(NN)C(=C34)C(=O)O1)O2. The minimum absolute atomic E-state index is 0.0779. The molecular weight excluding hydrogens is 508 g/mol. The number of allylic oxidation sites excluding steroid dienone is 4. The van der Waals surface area contributed by atoms with Crippen LogP contribution < -0.4 is 11.3 Å². The lowest BCUT2D eigenvalue weighted by molar-refractivity contribution is -0.334. The minimum atomic E-state index is -0.787. The van der Waals surface area contributed by atoms with E-state index in [1.54, 1.807) is 6.92 Å². The molecule has 0 radical (unpaired) electrons. The number of nitrogens with one attached hydrogen (secondary N) is 1. The van der Waals surface area contributed by atoms with Crippen molar-refractivity contribution in [1.29, 1.82) is 0 Å². The molecule has 0 aromatic heterocycles. The number of rotatable bonds is 2. The van der Waals surface area contributed by atoms with Crippen molar-refractivity contribution in [2.24, 2.45) is 23.6 Å². The minimum Gasteiger partial charge on any atom is -0.459 e. The number of ketones is 1. The van der Waals surface area contributed by atoms with E-state index in [0.29, 0.717) is 35.8 Å². The van der Waals surface area contributed by atoms with Gasteiger partial charge < -0.3 is 18.9 Å². The van der Waals surface area contributed by atoms with Gasteiger partial charge in [-0.25, -0.2) is 4.79 Å². The lowest BCUT2D eigenvalue weighted by atomic mass is 9.76. The second kappa shape index (κ2) is 12.0. The first kappa shape index (κ1) is 29.4. The van der Waals surface area contributed by atoms with Crippen LogP contribution in [-0.4, -0.2) is 54.6 Å². The van der Waals surface area contributed by atoms with E-state index in [1.807, 2.05) is 12.2 Å². The Kier molecular flexibility index (Phi) is 8.83. The molecule has 40 heavy (non-hydrogen) atoms. The van der Waals surface area contributed by atoms with Crippen molar-refractivity contribution >= 4 is 11.8 Å².